The Kier molecular flexibility index (Phi) is 6.81. The fourth-order valence-corrected chi connectivity index (χ4v) is 3.82. The molecule has 0 aliphatic rings. The zero-order valence-electron chi connectivity index (χ0n) is 16.0. The third-order valence-electron chi connectivity index (χ3n) is 4.05. The van der Waals surface area contributed by atoms with Crippen LogP contribution in [0, 0.1) is 6.92 Å². The number of carbonyl (C=O) groups excluding carboxylic acids is 1. The van der Waals surface area contributed by atoms with Gasteiger partial charge in [-0.15, -0.1) is 0 Å². The van der Waals surface area contributed by atoms with Gasteiger partial charge in [0.1, 0.15) is 16.4 Å². The summed E-state index contributed by atoms with van der Waals surface area (Å²) in [4.78, 5) is 23.6. The molecule has 1 aromatic carbocycles. The van der Waals surface area contributed by atoms with E-state index in [1.54, 1.807) is 13.0 Å². The van der Waals surface area contributed by atoms with Crippen molar-refractivity contribution in [2.75, 3.05) is 27.9 Å². The lowest BCUT2D eigenvalue weighted by atomic mass is 10.2. The van der Waals surface area contributed by atoms with E-state index in [1.807, 2.05) is 0 Å². The number of sulfonamides is 1. The average molecular weight is 410 g/mol. The van der Waals surface area contributed by atoms with Gasteiger partial charge in [-0.1, -0.05) is 0 Å². The molecular formula is C18H22N2O7S. The summed E-state index contributed by atoms with van der Waals surface area (Å²) in [5.74, 6) is -0.152. The van der Waals surface area contributed by atoms with Crippen LogP contribution in [0.25, 0.3) is 0 Å². The molecule has 10 heteroatoms. The van der Waals surface area contributed by atoms with Crippen LogP contribution < -0.4 is 19.8 Å². The lowest BCUT2D eigenvalue weighted by molar-refractivity contribution is 0.0600. The van der Waals surface area contributed by atoms with Crippen molar-refractivity contribution < 1.29 is 27.4 Å². The molecular weight excluding hydrogens is 388 g/mol. The summed E-state index contributed by atoms with van der Waals surface area (Å²) in [5, 5.41) is 0. The second-order valence-electron chi connectivity index (χ2n) is 5.78. The van der Waals surface area contributed by atoms with Gasteiger partial charge in [0.05, 0.1) is 26.9 Å². The molecule has 0 bridgehead atoms. The molecule has 0 saturated heterocycles. The monoisotopic (exact) mass is 410 g/mol. The highest BCUT2D eigenvalue weighted by molar-refractivity contribution is 7.89. The normalized spacial score (nSPS) is 11.1. The molecule has 2 aromatic rings. The van der Waals surface area contributed by atoms with E-state index in [0.29, 0.717) is 11.4 Å². The molecule has 0 aliphatic heterocycles. The van der Waals surface area contributed by atoms with Crippen LogP contribution in [0.15, 0.2) is 40.0 Å². The molecule has 1 N–H and O–H groups in total. The van der Waals surface area contributed by atoms with E-state index >= 15 is 0 Å². The first-order valence-corrected chi connectivity index (χ1v) is 9.73. The molecule has 0 spiro atoms. The van der Waals surface area contributed by atoms with Crippen molar-refractivity contribution >= 4 is 16.0 Å². The zero-order valence-corrected chi connectivity index (χ0v) is 16.8. The number of methoxy groups -OCH3 is 3. The summed E-state index contributed by atoms with van der Waals surface area (Å²) in [6, 6.07) is 6.96. The third-order valence-corrected chi connectivity index (χ3v) is 5.53. The van der Waals surface area contributed by atoms with Gasteiger partial charge in [-0.3, -0.25) is 4.79 Å². The minimum absolute atomic E-state index is 0.0407. The van der Waals surface area contributed by atoms with Crippen LogP contribution in [0.1, 0.15) is 16.1 Å². The van der Waals surface area contributed by atoms with Crippen molar-refractivity contribution in [3.63, 3.8) is 0 Å². The second kappa shape index (κ2) is 8.89. The topological polar surface area (TPSA) is 113 Å². The first-order valence-electron chi connectivity index (χ1n) is 8.25. The molecule has 0 unspecified atom stereocenters. The van der Waals surface area contributed by atoms with Crippen LogP contribution in [0.5, 0.6) is 11.5 Å². The van der Waals surface area contributed by atoms with Gasteiger partial charge in [0, 0.05) is 24.8 Å². The summed E-state index contributed by atoms with van der Waals surface area (Å²) < 4.78 is 44.0. The van der Waals surface area contributed by atoms with Gasteiger partial charge in [-0.25, -0.2) is 17.9 Å². The number of pyridine rings is 1. The minimum Gasteiger partial charge on any atom is -0.496 e. The number of rotatable bonds is 8. The molecule has 0 aliphatic carbocycles. The number of hydrogen-bond donors (Lipinski definition) is 1. The third kappa shape index (κ3) is 4.70. The van der Waals surface area contributed by atoms with E-state index in [1.165, 1.54) is 50.2 Å². The summed E-state index contributed by atoms with van der Waals surface area (Å²) in [5.41, 5.74) is 0.404. The number of aromatic nitrogens is 1. The molecule has 152 valence electrons. The number of carbonyl (C=O) groups is 1. The second-order valence-corrected chi connectivity index (χ2v) is 7.52. The Hall–Kier alpha value is -2.85. The Bertz CT molecular complexity index is 1030. The van der Waals surface area contributed by atoms with Gasteiger partial charge in [0.2, 0.25) is 10.0 Å². The van der Waals surface area contributed by atoms with Crippen LogP contribution in [-0.4, -0.2) is 46.8 Å². The summed E-state index contributed by atoms with van der Waals surface area (Å²) in [7, 11) is -0.00984. The number of ether oxygens (including phenoxy) is 3. The van der Waals surface area contributed by atoms with Crippen LogP contribution >= 0.6 is 0 Å². The molecule has 0 amide bonds. The van der Waals surface area contributed by atoms with Crippen molar-refractivity contribution in [2.24, 2.45) is 0 Å². The SMILES string of the molecule is COC(=O)c1ccc(OC)c(S(=O)(=O)NCCn2c(C)cc(OC)cc2=O)c1. The van der Waals surface area contributed by atoms with Gasteiger partial charge in [-0.2, -0.15) is 0 Å². The van der Waals surface area contributed by atoms with Crippen molar-refractivity contribution in [3.8, 4) is 11.5 Å². The fraction of sp³-hybridized carbons (Fsp3) is 0.333. The van der Waals surface area contributed by atoms with Gasteiger partial charge < -0.3 is 18.8 Å². The highest BCUT2D eigenvalue weighted by Crippen LogP contribution is 2.25. The van der Waals surface area contributed by atoms with Crippen molar-refractivity contribution in [2.45, 2.75) is 18.4 Å². The number of hydrogen-bond acceptors (Lipinski definition) is 7. The molecule has 1 heterocycles. The van der Waals surface area contributed by atoms with E-state index in [-0.39, 0.29) is 34.9 Å². The Morgan fingerprint density at radius 1 is 1.11 bits per heavy atom. The molecule has 28 heavy (non-hydrogen) atoms. The van der Waals surface area contributed by atoms with E-state index in [2.05, 4.69) is 9.46 Å². The molecule has 0 radical (unpaired) electrons. The number of nitrogens with zero attached hydrogens (tertiary/aromatic N) is 1. The maximum atomic E-state index is 12.7. The maximum absolute atomic E-state index is 12.7. The highest BCUT2D eigenvalue weighted by Gasteiger charge is 2.22. The van der Waals surface area contributed by atoms with Gasteiger partial charge in [0.15, 0.2) is 0 Å². The summed E-state index contributed by atoms with van der Waals surface area (Å²) >= 11 is 0. The fourth-order valence-electron chi connectivity index (χ4n) is 2.60. The van der Waals surface area contributed by atoms with E-state index in [0.717, 1.165) is 0 Å². The van der Waals surface area contributed by atoms with E-state index in [4.69, 9.17) is 9.47 Å². The van der Waals surface area contributed by atoms with Crippen LogP contribution in [-0.2, 0) is 21.3 Å². The summed E-state index contributed by atoms with van der Waals surface area (Å²) in [6.45, 7) is 1.80. The van der Waals surface area contributed by atoms with Gasteiger partial charge >= 0.3 is 5.97 Å². The Morgan fingerprint density at radius 3 is 2.39 bits per heavy atom. The number of esters is 1. The molecule has 0 fully saturated rings. The van der Waals surface area contributed by atoms with E-state index < -0.39 is 16.0 Å². The highest BCUT2D eigenvalue weighted by atomic mass is 32.2. The number of benzene rings is 1. The smallest absolute Gasteiger partial charge is 0.337 e. The quantitative estimate of drug-likeness (QED) is 0.645. The van der Waals surface area contributed by atoms with Crippen LogP contribution in [0.4, 0.5) is 0 Å². The van der Waals surface area contributed by atoms with E-state index in [9.17, 15) is 18.0 Å². The van der Waals surface area contributed by atoms with Gasteiger partial charge in [-0.05, 0) is 31.2 Å². The predicted octanol–water partition coefficient (Wildman–Crippen LogP) is 0.939. The van der Waals surface area contributed by atoms with Crippen LogP contribution in [0.3, 0.4) is 0 Å². The average Bonchev–Trinajstić information content (AvgIpc) is 2.68. The molecule has 9 nitrogen and oxygen atoms in total. The first-order chi connectivity index (χ1) is 13.2. The standard InChI is InChI=1S/C18H22N2O7S/c1-12-9-14(25-2)11-17(21)20(12)8-7-19-28(23,24)16-10-13(18(22)27-4)5-6-15(16)26-3/h5-6,9-11,19H,7-8H2,1-4H3. The lowest BCUT2D eigenvalue weighted by Crippen LogP contribution is -2.32. The van der Waals surface area contributed by atoms with Crippen molar-refractivity contribution in [3.05, 3.63) is 51.9 Å². The Morgan fingerprint density at radius 2 is 1.82 bits per heavy atom. The van der Waals surface area contributed by atoms with Crippen molar-refractivity contribution in [1.29, 1.82) is 0 Å². The largest absolute Gasteiger partial charge is 0.496 e. The molecule has 0 saturated carbocycles. The Balaban J connectivity index is 2.23. The van der Waals surface area contributed by atoms with Crippen molar-refractivity contribution in [1.82, 2.24) is 9.29 Å². The van der Waals surface area contributed by atoms with Gasteiger partial charge in [0.25, 0.3) is 5.56 Å². The first kappa shape index (κ1) is 21.5. The Labute approximate surface area is 162 Å². The lowest BCUT2D eigenvalue weighted by Gasteiger charge is -2.14. The van der Waals surface area contributed by atoms with Crippen LogP contribution in [0.2, 0.25) is 0 Å². The number of aryl methyl sites for hydroxylation is 1. The zero-order chi connectivity index (χ0) is 20.9. The summed E-state index contributed by atoms with van der Waals surface area (Å²) in [6.07, 6.45) is 0. The molecule has 1 aromatic heterocycles. The number of nitrogens with one attached hydrogen (secondary N) is 1. The minimum atomic E-state index is -4.00. The predicted molar refractivity (Wildman–Crippen MR) is 102 cm³/mol. The maximum Gasteiger partial charge on any atom is 0.337 e. The molecule has 2 rings (SSSR count). The molecule has 0 atom stereocenters.